The minimum atomic E-state index is 0.0323. The summed E-state index contributed by atoms with van der Waals surface area (Å²) in [6, 6.07) is 3.41. The van der Waals surface area contributed by atoms with Crippen LogP contribution in [0.15, 0.2) is 24.5 Å². The van der Waals surface area contributed by atoms with Crippen LogP contribution in [0.4, 0.5) is 0 Å². The molecule has 3 heterocycles. The number of ether oxygens (including phenoxy) is 2. The Kier molecular flexibility index (Phi) is 4.35. The lowest BCUT2D eigenvalue weighted by Gasteiger charge is -2.11. The Bertz CT molecular complexity index is 923. The van der Waals surface area contributed by atoms with Gasteiger partial charge in [0.25, 0.3) is 0 Å². The summed E-state index contributed by atoms with van der Waals surface area (Å²) < 4.78 is 13.0. The Morgan fingerprint density at radius 2 is 2.17 bits per heavy atom. The quantitative estimate of drug-likeness (QED) is 0.706. The fourth-order valence-corrected chi connectivity index (χ4v) is 2.53. The molecule has 0 aromatic carbocycles. The van der Waals surface area contributed by atoms with E-state index in [2.05, 4.69) is 15.0 Å². The highest BCUT2D eigenvalue weighted by atomic mass is 35.5. The second-order valence-electron chi connectivity index (χ2n) is 5.23. The third-order valence-corrected chi connectivity index (χ3v) is 3.75. The van der Waals surface area contributed by atoms with E-state index in [0.717, 1.165) is 0 Å². The number of methoxy groups -OCH3 is 1. The van der Waals surface area contributed by atoms with Crippen LogP contribution in [0.2, 0.25) is 5.28 Å². The van der Waals surface area contributed by atoms with Crippen LogP contribution >= 0.6 is 11.6 Å². The molecule has 3 aromatic heterocycles. The van der Waals surface area contributed by atoms with E-state index in [-0.39, 0.29) is 12.2 Å². The summed E-state index contributed by atoms with van der Waals surface area (Å²) in [5, 5.41) is 0.306. The van der Waals surface area contributed by atoms with Crippen LogP contribution < -0.4 is 9.47 Å². The van der Waals surface area contributed by atoms with Gasteiger partial charge in [-0.2, -0.15) is 4.98 Å². The zero-order valence-corrected chi connectivity index (χ0v) is 14.2. The van der Waals surface area contributed by atoms with Crippen molar-refractivity contribution in [3.63, 3.8) is 0 Å². The van der Waals surface area contributed by atoms with E-state index >= 15 is 0 Å². The van der Waals surface area contributed by atoms with Crippen molar-refractivity contribution in [3.8, 4) is 17.2 Å². The monoisotopic (exact) mass is 346 g/mol. The summed E-state index contributed by atoms with van der Waals surface area (Å²) in [7, 11) is 3.30. The van der Waals surface area contributed by atoms with Crippen molar-refractivity contribution in [1.29, 1.82) is 0 Å². The second-order valence-corrected chi connectivity index (χ2v) is 5.57. The number of ketones is 1. The Balaban J connectivity index is 2.01. The summed E-state index contributed by atoms with van der Waals surface area (Å²) in [6.07, 6.45) is 3.37. The van der Waals surface area contributed by atoms with Crippen molar-refractivity contribution in [3.05, 3.63) is 35.5 Å². The standard InChI is InChI=1S/C16H15ClN4O3/c1-9(22)6-10-7-11(4-5-18-10)24-12-8-19-15-13(14(12)23-3)21(2)16(17)20-15/h4-5,7-8H,6H2,1-3H3. The zero-order chi connectivity index (χ0) is 17.3. The minimum absolute atomic E-state index is 0.0323. The molecule has 0 aliphatic rings. The van der Waals surface area contributed by atoms with Crippen molar-refractivity contribution >= 4 is 28.5 Å². The topological polar surface area (TPSA) is 79.1 Å². The molecule has 24 heavy (non-hydrogen) atoms. The number of hydrogen-bond acceptors (Lipinski definition) is 6. The summed E-state index contributed by atoms with van der Waals surface area (Å²) in [5.74, 6) is 1.47. The van der Waals surface area contributed by atoms with Crippen LogP contribution in [0.1, 0.15) is 12.6 Å². The number of Topliss-reactive ketones (excluding diaryl/α,β-unsaturated/α-hetero) is 1. The zero-order valence-electron chi connectivity index (χ0n) is 13.4. The SMILES string of the molecule is COc1c(Oc2ccnc(CC(C)=O)c2)cnc2nc(Cl)n(C)c12. The van der Waals surface area contributed by atoms with Crippen LogP contribution in [0.3, 0.4) is 0 Å². The predicted octanol–water partition coefficient (Wildman–Crippen LogP) is 2.95. The number of fused-ring (bicyclic) bond motifs is 1. The van der Waals surface area contributed by atoms with Gasteiger partial charge >= 0.3 is 0 Å². The molecule has 8 heteroatoms. The lowest BCUT2D eigenvalue weighted by molar-refractivity contribution is -0.116. The first-order valence-corrected chi connectivity index (χ1v) is 7.54. The van der Waals surface area contributed by atoms with Crippen LogP contribution in [-0.2, 0) is 18.3 Å². The molecule has 0 unspecified atom stereocenters. The number of carbonyl (C=O) groups excluding carboxylic acids is 1. The molecule has 0 bridgehead atoms. The number of hydrogen-bond donors (Lipinski definition) is 0. The number of carbonyl (C=O) groups is 1. The molecule has 0 fully saturated rings. The van der Waals surface area contributed by atoms with Gasteiger partial charge in [-0.1, -0.05) is 0 Å². The Hall–Kier alpha value is -2.67. The van der Waals surface area contributed by atoms with Crippen LogP contribution in [-0.4, -0.2) is 32.4 Å². The maximum Gasteiger partial charge on any atom is 0.205 e. The summed E-state index contributed by atoms with van der Waals surface area (Å²) in [6.45, 7) is 1.52. The highest BCUT2D eigenvalue weighted by Crippen LogP contribution is 2.37. The summed E-state index contributed by atoms with van der Waals surface area (Å²) >= 11 is 6.04. The van der Waals surface area contributed by atoms with E-state index < -0.39 is 0 Å². The van der Waals surface area contributed by atoms with Gasteiger partial charge in [-0.15, -0.1) is 0 Å². The molecular formula is C16H15ClN4O3. The smallest absolute Gasteiger partial charge is 0.205 e. The van der Waals surface area contributed by atoms with Crippen LogP contribution in [0, 0.1) is 0 Å². The van der Waals surface area contributed by atoms with Gasteiger partial charge in [0, 0.05) is 25.7 Å². The van der Waals surface area contributed by atoms with Gasteiger partial charge < -0.3 is 14.0 Å². The molecular weight excluding hydrogens is 332 g/mol. The molecule has 3 aromatic rings. The molecule has 0 saturated heterocycles. The Labute approximate surface area is 143 Å². The Morgan fingerprint density at radius 1 is 1.38 bits per heavy atom. The first-order chi connectivity index (χ1) is 11.5. The van der Waals surface area contributed by atoms with Gasteiger partial charge in [0.1, 0.15) is 17.0 Å². The van der Waals surface area contributed by atoms with Gasteiger partial charge in [0.2, 0.25) is 5.28 Å². The first-order valence-electron chi connectivity index (χ1n) is 7.16. The molecule has 0 aliphatic heterocycles. The lowest BCUT2D eigenvalue weighted by Crippen LogP contribution is -2.00. The van der Waals surface area contributed by atoms with Crippen molar-refractivity contribution in [2.75, 3.05) is 7.11 Å². The first kappa shape index (κ1) is 16.2. The van der Waals surface area contributed by atoms with Gasteiger partial charge in [-0.25, -0.2) is 4.98 Å². The molecule has 3 rings (SSSR count). The van der Waals surface area contributed by atoms with Crippen molar-refractivity contribution < 1.29 is 14.3 Å². The van der Waals surface area contributed by atoms with Crippen LogP contribution in [0.25, 0.3) is 11.2 Å². The summed E-state index contributed by atoms with van der Waals surface area (Å²) in [5.41, 5.74) is 1.74. The molecule has 0 amide bonds. The largest absolute Gasteiger partial charge is 0.491 e. The fourth-order valence-electron chi connectivity index (χ4n) is 2.36. The highest BCUT2D eigenvalue weighted by molar-refractivity contribution is 6.29. The number of rotatable bonds is 5. The van der Waals surface area contributed by atoms with Gasteiger partial charge in [-0.05, 0) is 24.6 Å². The third kappa shape index (κ3) is 3.03. The van der Waals surface area contributed by atoms with E-state index in [1.54, 1.807) is 29.9 Å². The predicted molar refractivity (Wildman–Crippen MR) is 88.8 cm³/mol. The van der Waals surface area contributed by atoms with E-state index in [0.29, 0.717) is 39.4 Å². The molecule has 7 nitrogen and oxygen atoms in total. The van der Waals surface area contributed by atoms with Crippen LogP contribution in [0.5, 0.6) is 17.2 Å². The number of aryl methyl sites for hydroxylation is 1. The number of nitrogens with zero attached hydrogens (tertiary/aromatic N) is 4. The van der Waals surface area contributed by atoms with E-state index in [9.17, 15) is 4.79 Å². The maximum absolute atomic E-state index is 11.2. The lowest BCUT2D eigenvalue weighted by atomic mass is 10.2. The van der Waals surface area contributed by atoms with Gasteiger partial charge in [-0.3, -0.25) is 9.78 Å². The van der Waals surface area contributed by atoms with E-state index in [1.807, 2.05) is 0 Å². The molecule has 0 saturated carbocycles. The molecule has 0 radical (unpaired) electrons. The van der Waals surface area contributed by atoms with E-state index in [1.165, 1.54) is 20.2 Å². The average molecular weight is 347 g/mol. The van der Waals surface area contributed by atoms with E-state index in [4.69, 9.17) is 21.1 Å². The Morgan fingerprint density at radius 3 is 2.88 bits per heavy atom. The number of imidazole rings is 1. The van der Waals surface area contributed by atoms with Gasteiger partial charge in [0.05, 0.1) is 19.0 Å². The van der Waals surface area contributed by atoms with Crippen molar-refractivity contribution in [1.82, 2.24) is 19.5 Å². The number of aromatic nitrogens is 4. The minimum Gasteiger partial charge on any atom is -0.491 e. The van der Waals surface area contributed by atoms with Crippen molar-refractivity contribution in [2.24, 2.45) is 7.05 Å². The maximum atomic E-state index is 11.2. The van der Waals surface area contributed by atoms with Crippen molar-refractivity contribution in [2.45, 2.75) is 13.3 Å². The number of pyridine rings is 2. The van der Waals surface area contributed by atoms with Gasteiger partial charge in [0.15, 0.2) is 17.1 Å². The highest BCUT2D eigenvalue weighted by Gasteiger charge is 2.18. The average Bonchev–Trinajstić information content (AvgIpc) is 2.82. The summed E-state index contributed by atoms with van der Waals surface area (Å²) in [4.78, 5) is 23.8. The normalized spacial score (nSPS) is 10.8. The third-order valence-electron chi connectivity index (χ3n) is 3.42. The fraction of sp³-hybridized carbons (Fsp3) is 0.250. The molecule has 0 atom stereocenters. The molecule has 124 valence electrons. The number of halogens is 1. The molecule has 0 aliphatic carbocycles. The molecule has 0 spiro atoms. The molecule has 0 N–H and O–H groups in total. The second kappa shape index (κ2) is 6.45.